The molecule has 0 amide bonds. The van der Waals surface area contributed by atoms with E-state index in [-0.39, 0.29) is 24.1 Å². The van der Waals surface area contributed by atoms with Crippen LogP contribution in [0.2, 0.25) is 0 Å². The summed E-state index contributed by atoms with van der Waals surface area (Å²) < 4.78 is 44.6. The first kappa shape index (κ1) is 22.2. The van der Waals surface area contributed by atoms with Gasteiger partial charge in [0.25, 0.3) is 5.56 Å². The van der Waals surface area contributed by atoms with Gasteiger partial charge in [0.15, 0.2) is 12.4 Å². The Balaban J connectivity index is 1.37. The summed E-state index contributed by atoms with van der Waals surface area (Å²) in [4.78, 5) is 43.3. The SMILES string of the molecule is O=C(CCn1cnc2sc3c(c2c1=O)CCCC3)OCC(=O)c1cccc(C(F)(F)F)c1. The van der Waals surface area contributed by atoms with Crippen molar-refractivity contribution in [1.82, 2.24) is 9.55 Å². The molecule has 0 atom stereocenters. The average Bonchev–Trinajstić information content (AvgIpc) is 3.16. The third kappa shape index (κ3) is 4.59. The van der Waals surface area contributed by atoms with Gasteiger partial charge in [-0.2, -0.15) is 13.2 Å². The molecule has 4 rings (SSSR count). The first-order valence-electron chi connectivity index (χ1n) is 10.1. The molecular weight excluding hydrogens is 445 g/mol. The van der Waals surface area contributed by atoms with Crippen LogP contribution < -0.4 is 5.56 Å². The lowest BCUT2D eigenvalue weighted by molar-refractivity contribution is -0.143. The Morgan fingerprint density at radius 1 is 1.19 bits per heavy atom. The molecule has 1 aliphatic carbocycles. The van der Waals surface area contributed by atoms with Crippen LogP contribution in [0.3, 0.4) is 0 Å². The minimum absolute atomic E-state index is 0.0307. The van der Waals surface area contributed by atoms with Crippen LogP contribution >= 0.6 is 11.3 Å². The number of alkyl halides is 3. The van der Waals surface area contributed by atoms with Gasteiger partial charge in [0.05, 0.1) is 23.7 Å². The zero-order valence-electron chi connectivity index (χ0n) is 16.9. The molecule has 168 valence electrons. The zero-order chi connectivity index (χ0) is 22.9. The monoisotopic (exact) mass is 464 g/mol. The van der Waals surface area contributed by atoms with Gasteiger partial charge < -0.3 is 4.74 Å². The number of aromatic nitrogens is 2. The summed E-state index contributed by atoms with van der Waals surface area (Å²) in [6.45, 7) is -0.645. The number of hydrogen-bond donors (Lipinski definition) is 0. The molecule has 0 unspecified atom stereocenters. The van der Waals surface area contributed by atoms with Crippen molar-refractivity contribution in [2.24, 2.45) is 0 Å². The molecule has 0 N–H and O–H groups in total. The maximum Gasteiger partial charge on any atom is 0.416 e. The van der Waals surface area contributed by atoms with E-state index >= 15 is 0 Å². The van der Waals surface area contributed by atoms with Crippen molar-refractivity contribution in [3.05, 3.63) is 62.5 Å². The fraction of sp³-hybridized carbons (Fsp3) is 0.364. The molecule has 0 saturated carbocycles. The van der Waals surface area contributed by atoms with E-state index < -0.39 is 30.1 Å². The van der Waals surface area contributed by atoms with Gasteiger partial charge >= 0.3 is 12.1 Å². The molecule has 2 aromatic heterocycles. The van der Waals surface area contributed by atoms with E-state index in [4.69, 9.17) is 4.74 Å². The van der Waals surface area contributed by atoms with Gasteiger partial charge in [0.2, 0.25) is 0 Å². The van der Waals surface area contributed by atoms with Crippen molar-refractivity contribution in [1.29, 1.82) is 0 Å². The predicted molar refractivity (Wildman–Crippen MR) is 112 cm³/mol. The van der Waals surface area contributed by atoms with Crippen LogP contribution in [0.1, 0.15) is 45.6 Å². The van der Waals surface area contributed by atoms with E-state index in [0.717, 1.165) is 49.4 Å². The standard InChI is InChI=1S/C22H19F3N2O4S/c23-22(24,25)14-5-3-4-13(10-14)16(28)11-31-18(29)8-9-27-12-26-20-19(21(27)30)15-6-1-2-7-17(15)32-20/h3-5,10,12H,1-2,6-9,11H2. The minimum Gasteiger partial charge on any atom is -0.457 e. The van der Waals surface area contributed by atoms with Crippen molar-refractivity contribution in [2.45, 2.75) is 44.8 Å². The molecule has 32 heavy (non-hydrogen) atoms. The first-order chi connectivity index (χ1) is 15.2. The number of hydrogen-bond acceptors (Lipinski definition) is 6. The molecule has 0 saturated heterocycles. The summed E-state index contributed by atoms with van der Waals surface area (Å²) in [6, 6.07) is 3.93. The van der Waals surface area contributed by atoms with E-state index in [9.17, 15) is 27.6 Å². The number of carbonyl (C=O) groups is 2. The van der Waals surface area contributed by atoms with Crippen LogP contribution in [-0.2, 0) is 35.1 Å². The maximum atomic E-state index is 12.9. The number of halogens is 3. The van der Waals surface area contributed by atoms with Gasteiger partial charge in [-0.25, -0.2) is 4.98 Å². The number of esters is 1. The Morgan fingerprint density at radius 3 is 2.75 bits per heavy atom. The van der Waals surface area contributed by atoms with E-state index in [1.807, 2.05) is 0 Å². The molecule has 1 aromatic carbocycles. The minimum atomic E-state index is -4.57. The molecule has 6 nitrogen and oxygen atoms in total. The predicted octanol–water partition coefficient (Wildman–Crippen LogP) is 4.17. The summed E-state index contributed by atoms with van der Waals surface area (Å²) in [5.74, 6) is -1.47. The summed E-state index contributed by atoms with van der Waals surface area (Å²) in [5.41, 5.74) is -0.298. The van der Waals surface area contributed by atoms with Crippen molar-refractivity contribution >= 4 is 33.3 Å². The summed E-state index contributed by atoms with van der Waals surface area (Å²) in [5, 5.41) is 0.611. The lowest BCUT2D eigenvalue weighted by Gasteiger charge is -2.10. The second kappa shape index (κ2) is 8.85. The summed E-state index contributed by atoms with van der Waals surface area (Å²) in [6.07, 6.45) is 0.566. The van der Waals surface area contributed by atoms with E-state index in [1.54, 1.807) is 0 Å². The van der Waals surface area contributed by atoms with E-state index in [2.05, 4.69) is 4.98 Å². The number of fused-ring (bicyclic) bond motifs is 3. The van der Waals surface area contributed by atoms with Crippen LogP contribution in [0.5, 0.6) is 0 Å². The number of aryl methyl sites for hydroxylation is 3. The molecule has 0 aliphatic heterocycles. The molecule has 0 spiro atoms. The zero-order valence-corrected chi connectivity index (χ0v) is 17.7. The summed E-state index contributed by atoms with van der Waals surface area (Å²) >= 11 is 1.53. The topological polar surface area (TPSA) is 78.3 Å². The number of rotatable bonds is 6. The lowest BCUT2D eigenvalue weighted by atomic mass is 9.97. The fourth-order valence-electron chi connectivity index (χ4n) is 3.72. The van der Waals surface area contributed by atoms with Gasteiger partial charge in [-0.15, -0.1) is 11.3 Å². The van der Waals surface area contributed by atoms with Crippen LogP contribution in [0, 0.1) is 0 Å². The second-order valence-corrected chi connectivity index (χ2v) is 8.63. The Morgan fingerprint density at radius 2 is 1.97 bits per heavy atom. The summed E-state index contributed by atoms with van der Waals surface area (Å²) in [7, 11) is 0. The highest BCUT2D eigenvalue weighted by atomic mass is 32.1. The van der Waals surface area contributed by atoms with Crippen LogP contribution in [0.25, 0.3) is 10.2 Å². The molecular formula is C22H19F3N2O4S. The van der Waals surface area contributed by atoms with Gasteiger partial charge in [0, 0.05) is 17.0 Å². The van der Waals surface area contributed by atoms with Crippen molar-refractivity contribution in [3.8, 4) is 0 Å². The Labute approximate surface area is 184 Å². The number of Topliss-reactive ketones (excluding diaryl/α,β-unsaturated/α-hetero) is 1. The Bertz CT molecular complexity index is 1250. The average molecular weight is 464 g/mol. The van der Waals surface area contributed by atoms with Crippen molar-refractivity contribution in [2.75, 3.05) is 6.61 Å². The van der Waals surface area contributed by atoms with Crippen LogP contribution in [0.4, 0.5) is 13.2 Å². The molecule has 0 radical (unpaired) electrons. The van der Waals surface area contributed by atoms with Gasteiger partial charge in [-0.05, 0) is 43.4 Å². The number of ketones is 1. The molecule has 0 fully saturated rings. The number of thiophene rings is 1. The Hall–Kier alpha value is -3.01. The fourth-order valence-corrected chi connectivity index (χ4v) is 4.94. The third-order valence-corrected chi connectivity index (χ3v) is 6.57. The number of carbonyl (C=O) groups excluding carboxylic acids is 2. The molecule has 2 heterocycles. The van der Waals surface area contributed by atoms with E-state index in [1.165, 1.54) is 33.2 Å². The third-order valence-electron chi connectivity index (χ3n) is 5.37. The molecule has 10 heteroatoms. The first-order valence-corrected chi connectivity index (χ1v) is 10.9. The number of benzene rings is 1. The molecule has 0 bridgehead atoms. The van der Waals surface area contributed by atoms with Gasteiger partial charge in [0.1, 0.15) is 4.83 Å². The maximum absolute atomic E-state index is 12.9. The highest BCUT2D eigenvalue weighted by Crippen LogP contribution is 2.33. The number of nitrogens with zero attached hydrogens (tertiary/aromatic N) is 2. The Kier molecular flexibility index (Phi) is 6.14. The highest BCUT2D eigenvalue weighted by molar-refractivity contribution is 7.18. The smallest absolute Gasteiger partial charge is 0.416 e. The highest BCUT2D eigenvalue weighted by Gasteiger charge is 2.31. The van der Waals surface area contributed by atoms with E-state index in [0.29, 0.717) is 10.2 Å². The van der Waals surface area contributed by atoms with Crippen LogP contribution in [-0.4, -0.2) is 27.9 Å². The number of ether oxygens (including phenoxy) is 1. The quantitative estimate of drug-likeness (QED) is 0.404. The van der Waals surface area contributed by atoms with Gasteiger partial charge in [-0.1, -0.05) is 12.1 Å². The second-order valence-electron chi connectivity index (χ2n) is 7.55. The van der Waals surface area contributed by atoms with Crippen molar-refractivity contribution < 1.29 is 27.5 Å². The van der Waals surface area contributed by atoms with Crippen LogP contribution in [0.15, 0.2) is 35.4 Å². The lowest BCUT2D eigenvalue weighted by Crippen LogP contribution is -2.23. The molecule has 1 aliphatic rings. The van der Waals surface area contributed by atoms with Gasteiger partial charge in [-0.3, -0.25) is 19.0 Å². The normalized spacial score (nSPS) is 13.7. The molecule has 3 aromatic rings. The largest absolute Gasteiger partial charge is 0.457 e. The van der Waals surface area contributed by atoms with Crippen molar-refractivity contribution in [3.63, 3.8) is 0 Å².